The van der Waals surface area contributed by atoms with Gasteiger partial charge in [-0.25, -0.2) is 0 Å². The molecule has 1 aromatic rings. The smallest absolute Gasteiger partial charge is 0.0464 e. The van der Waals surface area contributed by atoms with Crippen LogP contribution in [0.15, 0.2) is 17.5 Å². The van der Waals surface area contributed by atoms with Gasteiger partial charge in [-0.05, 0) is 56.1 Å². The zero-order valence-corrected chi connectivity index (χ0v) is 12.6. The highest BCUT2D eigenvalue weighted by Crippen LogP contribution is 2.34. The first-order valence-corrected chi connectivity index (χ1v) is 8.00. The van der Waals surface area contributed by atoms with Crippen LogP contribution in [0.1, 0.15) is 44.5 Å². The highest BCUT2D eigenvalue weighted by molar-refractivity contribution is 7.10. The van der Waals surface area contributed by atoms with Gasteiger partial charge >= 0.3 is 0 Å². The van der Waals surface area contributed by atoms with Crippen molar-refractivity contribution in [3.05, 3.63) is 22.4 Å². The van der Waals surface area contributed by atoms with Crippen LogP contribution in [0.4, 0.5) is 0 Å². The molecule has 0 aromatic carbocycles. The van der Waals surface area contributed by atoms with Crippen LogP contribution in [0.3, 0.4) is 0 Å². The minimum Gasteiger partial charge on any atom is -0.328 e. The lowest BCUT2D eigenvalue weighted by atomic mass is 9.88. The maximum absolute atomic E-state index is 6.03. The van der Waals surface area contributed by atoms with Crippen molar-refractivity contribution >= 4 is 11.3 Å². The lowest BCUT2D eigenvalue weighted by molar-refractivity contribution is 0.0999. The largest absolute Gasteiger partial charge is 0.328 e. The van der Waals surface area contributed by atoms with E-state index in [9.17, 15) is 0 Å². The van der Waals surface area contributed by atoms with Gasteiger partial charge in [-0.15, -0.1) is 11.3 Å². The second kappa shape index (κ2) is 6.18. The molecule has 2 atom stereocenters. The van der Waals surface area contributed by atoms with E-state index in [1.165, 1.54) is 30.8 Å². The van der Waals surface area contributed by atoms with E-state index in [0.29, 0.717) is 18.0 Å². The fourth-order valence-electron chi connectivity index (χ4n) is 3.11. The maximum atomic E-state index is 6.03. The molecule has 1 aliphatic rings. The van der Waals surface area contributed by atoms with Crippen LogP contribution in [0, 0.1) is 11.8 Å². The number of nitrogens with zero attached hydrogens (tertiary/aromatic N) is 1. The van der Waals surface area contributed by atoms with Gasteiger partial charge in [0.25, 0.3) is 0 Å². The minimum atomic E-state index is 0.353. The minimum absolute atomic E-state index is 0.353. The first-order chi connectivity index (χ1) is 8.59. The molecule has 0 saturated carbocycles. The summed E-state index contributed by atoms with van der Waals surface area (Å²) in [6.07, 6.45) is 2.51. The molecule has 1 aromatic heterocycles. The summed E-state index contributed by atoms with van der Waals surface area (Å²) >= 11 is 1.89. The monoisotopic (exact) mass is 266 g/mol. The van der Waals surface area contributed by atoms with Crippen molar-refractivity contribution in [3.8, 4) is 0 Å². The molecule has 1 aliphatic heterocycles. The van der Waals surface area contributed by atoms with E-state index < -0.39 is 0 Å². The number of hydrogen-bond acceptors (Lipinski definition) is 3. The van der Waals surface area contributed by atoms with E-state index in [1.54, 1.807) is 0 Å². The molecule has 2 nitrogen and oxygen atoms in total. The van der Waals surface area contributed by atoms with Crippen LogP contribution in [-0.2, 0) is 0 Å². The molecule has 2 rings (SSSR count). The summed E-state index contributed by atoms with van der Waals surface area (Å²) in [6, 6.07) is 5.40. The molecule has 0 radical (unpaired) electrons. The lowest BCUT2D eigenvalue weighted by Crippen LogP contribution is -2.42. The first kappa shape index (κ1) is 14.0. The summed E-state index contributed by atoms with van der Waals surface area (Å²) in [7, 11) is 0. The number of rotatable bonds is 4. The molecular weight excluding hydrogens is 240 g/mol. The standard InChI is InChI=1S/C15H26N2S/c1-11(2)15(14-5-4-10-18-14)17-8-6-13(7-9-17)12(3)16/h4-5,10-13,15H,6-9,16H2,1-3H3. The molecule has 18 heavy (non-hydrogen) atoms. The third kappa shape index (κ3) is 3.14. The molecule has 0 spiro atoms. The van der Waals surface area contributed by atoms with Gasteiger partial charge in [-0.3, -0.25) is 4.90 Å². The fraction of sp³-hybridized carbons (Fsp3) is 0.733. The summed E-state index contributed by atoms with van der Waals surface area (Å²) in [5, 5.41) is 2.19. The third-order valence-electron chi connectivity index (χ3n) is 4.18. The predicted octanol–water partition coefficient (Wildman–Crippen LogP) is 3.50. The van der Waals surface area contributed by atoms with Crippen molar-refractivity contribution in [2.75, 3.05) is 13.1 Å². The van der Waals surface area contributed by atoms with E-state index in [0.717, 1.165) is 5.92 Å². The highest BCUT2D eigenvalue weighted by Gasteiger charge is 2.29. The predicted molar refractivity (Wildman–Crippen MR) is 79.8 cm³/mol. The number of thiophene rings is 1. The summed E-state index contributed by atoms with van der Waals surface area (Å²) in [6.45, 7) is 9.23. The van der Waals surface area contributed by atoms with Gasteiger partial charge in [-0.1, -0.05) is 19.9 Å². The van der Waals surface area contributed by atoms with Crippen LogP contribution in [0.25, 0.3) is 0 Å². The van der Waals surface area contributed by atoms with Gasteiger partial charge in [0.15, 0.2) is 0 Å². The summed E-state index contributed by atoms with van der Waals surface area (Å²) in [4.78, 5) is 4.18. The molecule has 3 heteroatoms. The van der Waals surface area contributed by atoms with Crippen molar-refractivity contribution in [1.29, 1.82) is 0 Å². The van der Waals surface area contributed by atoms with Crippen LogP contribution in [0.2, 0.25) is 0 Å². The topological polar surface area (TPSA) is 29.3 Å². The highest BCUT2D eigenvalue weighted by atomic mass is 32.1. The second-order valence-electron chi connectivity index (χ2n) is 5.94. The zero-order chi connectivity index (χ0) is 13.1. The Kier molecular flexibility index (Phi) is 4.82. The van der Waals surface area contributed by atoms with Crippen molar-refractivity contribution in [2.24, 2.45) is 17.6 Å². The summed E-state index contributed by atoms with van der Waals surface area (Å²) < 4.78 is 0. The molecule has 0 bridgehead atoms. The van der Waals surface area contributed by atoms with Gasteiger partial charge in [0.1, 0.15) is 0 Å². The van der Waals surface area contributed by atoms with Crippen LogP contribution < -0.4 is 5.73 Å². The number of likely N-dealkylation sites (tertiary alicyclic amines) is 1. The molecular formula is C15H26N2S. The van der Waals surface area contributed by atoms with Gasteiger partial charge in [0.05, 0.1) is 0 Å². The molecule has 102 valence electrons. The average Bonchev–Trinajstić information content (AvgIpc) is 2.83. The van der Waals surface area contributed by atoms with Gasteiger partial charge in [0.2, 0.25) is 0 Å². The van der Waals surface area contributed by atoms with E-state index in [2.05, 4.69) is 43.2 Å². The molecule has 2 N–H and O–H groups in total. The van der Waals surface area contributed by atoms with Gasteiger partial charge < -0.3 is 5.73 Å². The Hall–Kier alpha value is -0.380. The Morgan fingerprint density at radius 3 is 2.39 bits per heavy atom. The van der Waals surface area contributed by atoms with Crippen molar-refractivity contribution in [3.63, 3.8) is 0 Å². The molecule has 2 heterocycles. The Morgan fingerprint density at radius 1 is 1.28 bits per heavy atom. The first-order valence-electron chi connectivity index (χ1n) is 7.12. The SMILES string of the molecule is CC(C)C(c1cccs1)N1CCC(C(C)N)CC1. The molecule has 0 amide bonds. The van der Waals surface area contributed by atoms with Crippen LogP contribution in [0.5, 0.6) is 0 Å². The Morgan fingerprint density at radius 2 is 1.94 bits per heavy atom. The van der Waals surface area contributed by atoms with Crippen LogP contribution >= 0.6 is 11.3 Å². The fourth-order valence-corrected chi connectivity index (χ4v) is 4.15. The third-order valence-corrected chi connectivity index (χ3v) is 5.12. The summed E-state index contributed by atoms with van der Waals surface area (Å²) in [5.41, 5.74) is 6.03. The molecule has 2 unspecified atom stereocenters. The molecule has 1 fully saturated rings. The van der Waals surface area contributed by atoms with Gasteiger partial charge in [0, 0.05) is 17.0 Å². The second-order valence-corrected chi connectivity index (χ2v) is 6.92. The van der Waals surface area contributed by atoms with Crippen molar-refractivity contribution < 1.29 is 0 Å². The average molecular weight is 266 g/mol. The van der Waals surface area contributed by atoms with E-state index in [4.69, 9.17) is 5.73 Å². The Labute approximate surface area is 115 Å². The Balaban J connectivity index is 2.02. The lowest BCUT2D eigenvalue weighted by Gasteiger charge is -2.40. The number of piperidine rings is 1. The van der Waals surface area contributed by atoms with E-state index in [1.807, 2.05) is 11.3 Å². The zero-order valence-electron chi connectivity index (χ0n) is 11.8. The van der Waals surface area contributed by atoms with E-state index >= 15 is 0 Å². The number of hydrogen-bond donors (Lipinski definition) is 1. The van der Waals surface area contributed by atoms with E-state index in [-0.39, 0.29) is 0 Å². The summed E-state index contributed by atoms with van der Waals surface area (Å²) in [5.74, 6) is 1.40. The molecule has 1 saturated heterocycles. The van der Waals surface area contributed by atoms with Crippen molar-refractivity contribution in [2.45, 2.75) is 45.7 Å². The Bertz CT molecular complexity index is 337. The quantitative estimate of drug-likeness (QED) is 0.903. The molecule has 0 aliphatic carbocycles. The van der Waals surface area contributed by atoms with Crippen LogP contribution in [-0.4, -0.2) is 24.0 Å². The normalized spacial score (nSPS) is 22.3. The van der Waals surface area contributed by atoms with Gasteiger partial charge in [-0.2, -0.15) is 0 Å². The number of nitrogens with two attached hydrogens (primary N) is 1. The maximum Gasteiger partial charge on any atom is 0.0464 e. The van der Waals surface area contributed by atoms with Crippen molar-refractivity contribution in [1.82, 2.24) is 4.90 Å².